The molecule has 0 spiro atoms. The zero-order valence-corrected chi connectivity index (χ0v) is 29.0. The summed E-state index contributed by atoms with van der Waals surface area (Å²) in [6.07, 6.45) is 0. The molecule has 0 radical (unpaired) electrons. The van der Waals surface area contributed by atoms with E-state index in [2.05, 4.69) is 9.80 Å². The maximum Gasteiger partial charge on any atom is 2.00 e. The maximum atomic E-state index is 12.4. The summed E-state index contributed by atoms with van der Waals surface area (Å²) in [6.45, 7) is 4.50. The molecule has 0 unspecified atom stereocenters. The number of nitrogens with zero attached hydrogens (tertiary/aromatic N) is 6. The van der Waals surface area contributed by atoms with Crippen LogP contribution in [-0.4, -0.2) is 152 Å². The van der Waals surface area contributed by atoms with Gasteiger partial charge >= 0.3 is 37.7 Å². The van der Waals surface area contributed by atoms with Gasteiger partial charge in [-0.3, -0.25) is 0 Å². The summed E-state index contributed by atoms with van der Waals surface area (Å²) in [6, 6.07) is 8.17. The van der Waals surface area contributed by atoms with Crippen molar-refractivity contribution >= 4 is 37.7 Å². The molecule has 0 aliphatic rings. The van der Waals surface area contributed by atoms with Crippen LogP contribution in [0, 0.1) is 0 Å². The van der Waals surface area contributed by atoms with E-state index >= 15 is 0 Å². The third kappa shape index (κ3) is 15.0. The van der Waals surface area contributed by atoms with Crippen molar-refractivity contribution in [3.8, 4) is 11.5 Å². The van der Waals surface area contributed by atoms with E-state index in [0.29, 0.717) is 26.2 Å². The molecule has 2 rings (SSSR count). The van der Waals surface area contributed by atoms with Gasteiger partial charge in [-0.2, -0.15) is 0 Å². The third-order valence-corrected chi connectivity index (χ3v) is 5.55. The van der Waals surface area contributed by atoms with E-state index in [1.165, 1.54) is 11.1 Å². The minimum absolute atomic E-state index is 0. The van der Waals surface area contributed by atoms with Gasteiger partial charge in [0.05, 0.1) is 0 Å². The van der Waals surface area contributed by atoms with Gasteiger partial charge in [0.1, 0.15) is 0 Å². The molecule has 0 heterocycles. The fourth-order valence-electron chi connectivity index (χ4n) is 4.40. The third-order valence-electron chi connectivity index (χ3n) is 5.55. The Balaban J connectivity index is 0.000000722. The van der Waals surface area contributed by atoms with E-state index in [1.54, 1.807) is 0 Å². The summed E-state index contributed by atoms with van der Waals surface area (Å²) in [7, 11) is 24.1. The van der Waals surface area contributed by atoms with Crippen LogP contribution in [0.1, 0.15) is 33.4 Å². The molecule has 216 valence electrons. The topological polar surface area (TPSA) is 65.6 Å². The largest absolute Gasteiger partial charge is 2.00 e. The molecule has 0 N–H and O–H groups in total. The predicted molar refractivity (Wildman–Crippen MR) is 162 cm³/mol. The van der Waals surface area contributed by atoms with Crippen LogP contribution in [-0.2, 0) is 39.3 Å². The second kappa shape index (κ2) is 18.5. The second-order valence-electron chi connectivity index (χ2n) is 11.9. The molecule has 0 aromatic heterocycles. The normalized spacial score (nSPS) is 11.5. The molecular formula is C30H52CaN6O2. The van der Waals surface area contributed by atoms with E-state index in [-0.39, 0.29) is 49.2 Å². The van der Waals surface area contributed by atoms with Crippen molar-refractivity contribution in [2.45, 2.75) is 39.3 Å². The van der Waals surface area contributed by atoms with Crippen molar-refractivity contribution in [3.63, 3.8) is 0 Å². The van der Waals surface area contributed by atoms with Gasteiger partial charge in [0.25, 0.3) is 0 Å². The molecule has 0 aliphatic heterocycles. The Bertz CT molecular complexity index is 852. The van der Waals surface area contributed by atoms with E-state index in [4.69, 9.17) is 0 Å². The van der Waals surface area contributed by atoms with Gasteiger partial charge in [-0.15, -0.1) is 0 Å². The van der Waals surface area contributed by atoms with Crippen LogP contribution < -0.4 is 10.2 Å². The minimum Gasteiger partial charge on any atom is -0.872 e. The minimum atomic E-state index is 0. The van der Waals surface area contributed by atoms with Crippen LogP contribution >= 0.6 is 0 Å². The molecule has 0 fully saturated rings. The molecule has 0 aliphatic carbocycles. The first kappa shape index (κ1) is 38.1. The van der Waals surface area contributed by atoms with Gasteiger partial charge in [-0.05, 0) is 118 Å². The number of benzene rings is 2. The van der Waals surface area contributed by atoms with E-state index in [9.17, 15) is 10.2 Å². The molecule has 2 aromatic carbocycles. The van der Waals surface area contributed by atoms with E-state index in [0.717, 1.165) is 35.3 Å². The van der Waals surface area contributed by atoms with E-state index < -0.39 is 0 Å². The molecule has 2 aromatic rings. The predicted octanol–water partition coefficient (Wildman–Crippen LogP) is 1.51. The second-order valence-corrected chi connectivity index (χ2v) is 11.9. The van der Waals surface area contributed by atoms with Crippen molar-refractivity contribution in [2.24, 2.45) is 0 Å². The summed E-state index contributed by atoms with van der Waals surface area (Å²) in [5.41, 5.74) is 5.97. The molecule has 0 amide bonds. The zero-order chi connectivity index (χ0) is 29.2. The van der Waals surface area contributed by atoms with Crippen LogP contribution in [0.2, 0.25) is 0 Å². The number of hydrogen-bond donors (Lipinski definition) is 0. The monoisotopic (exact) mass is 568 g/mol. The quantitative estimate of drug-likeness (QED) is 0.357. The molecule has 39 heavy (non-hydrogen) atoms. The first-order chi connectivity index (χ1) is 17.6. The first-order valence-electron chi connectivity index (χ1n) is 13.1. The Hall–Kier alpha value is -0.940. The molecular weight excluding hydrogens is 516 g/mol. The standard InChI is InChI=1S/2C15H27N3O.Ca/c2*1-16(2)9-12-7-13(10-17(3)4)15(19)14(8-12)11-18(5)6;/h2*7-8,19H,9-11H2,1-6H3;/q;;+2/p-2. The molecule has 9 heteroatoms. The summed E-state index contributed by atoms with van der Waals surface area (Å²) < 4.78 is 0. The fourth-order valence-corrected chi connectivity index (χ4v) is 4.40. The van der Waals surface area contributed by atoms with E-state index in [1.807, 2.05) is 128 Å². The Kier molecular flexibility index (Phi) is 18.0. The van der Waals surface area contributed by atoms with Gasteiger partial charge < -0.3 is 39.6 Å². The summed E-state index contributed by atoms with van der Waals surface area (Å²) in [5.74, 6) is 0.370. The first-order valence-corrected chi connectivity index (χ1v) is 13.1. The summed E-state index contributed by atoms with van der Waals surface area (Å²) in [4.78, 5) is 12.4. The average molecular weight is 569 g/mol. The summed E-state index contributed by atoms with van der Waals surface area (Å²) >= 11 is 0. The summed E-state index contributed by atoms with van der Waals surface area (Å²) in [5, 5.41) is 24.8. The van der Waals surface area contributed by atoms with Gasteiger partial charge in [-0.1, -0.05) is 35.8 Å². The Morgan fingerprint density at radius 2 is 0.564 bits per heavy atom. The van der Waals surface area contributed by atoms with Crippen molar-refractivity contribution in [3.05, 3.63) is 57.6 Å². The Labute approximate surface area is 268 Å². The molecule has 0 bridgehead atoms. The zero-order valence-electron chi connectivity index (χ0n) is 26.8. The van der Waals surface area contributed by atoms with Crippen LogP contribution in [0.25, 0.3) is 0 Å². The SMILES string of the molecule is CN(C)Cc1cc(CN(C)C)c([O-])c(CN(C)C)c1.CN(C)Cc1cc(CN(C)C)c([O-])c(CN(C)C)c1.[Ca+2]. The maximum absolute atomic E-state index is 12.4. The number of hydrogen-bond acceptors (Lipinski definition) is 8. The smallest absolute Gasteiger partial charge is 0.872 e. The molecule has 0 saturated carbocycles. The van der Waals surface area contributed by atoms with Crippen molar-refractivity contribution in [1.82, 2.24) is 29.4 Å². The van der Waals surface area contributed by atoms with Crippen molar-refractivity contribution in [2.75, 3.05) is 84.6 Å². The van der Waals surface area contributed by atoms with Crippen LogP contribution in [0.5, 0.6) is 11.5 Å². The molecule has 8 nitrogen and oxygen atoms in total. The Morgan fingerprint density at radius 3 is 0.718 bits per heavy atom. The molecule has 0 atom stereocenters. The van der Waals surface area contributed by atoms with Gasteiger partial charge in [-0.25, -0.2) is 0 Å². The van der Waals surface area contributed by atoms with Crippen molar-refractivity contribution < 1.29 is 10.2 Å². The Morgan fingerprint density at radius 1 is 0.385 bits per heavy atom. The molecule has 0 saturated heterocycles. The van der Waals surface area contributed by atoms with Gasteiger partial charge in [0.2, 0.25) is 0 Å². The van der Waals surface area contributed by atoms with Gasteiger partial charge in [0, 0.05) is 39.3 Å². The van der Waals surface area contributed by atoms with Crippen LogP contribution in [0.4, 0.5) is 0 Å². The van der Waals surface area contributed by atoms with Gasteiger partial charge in [0.15, 0.2) is 0 Å². The average Bonchev–Trinajstić information content (AvgIpc) is 2.73. The van der Waals surface area contributed by atoms with Crippen LogP contribution in [0.15, 0.2) is 24.3 Å². The van der Waals surface area contributed by atoms with Crippen LogP contribution in [0.3, 0.4) is 0 Å². The number of rotatable bonds is 12. The fraction of sp³-hybridized carbons (Fsp3) is 0.600. The van der Waals surface area contributed by atoms with Crippen molar-refractivity contribution in [1.29, 1.82) is 0 Å².